The van der Waals surface area contributed by atoms with E-state index in [4.69, 9.17) is 13.9 Å². The summed E-state index contributed by atoms with van der Waals surface area (Å²) in [5, 5.41) is 2.86. The Morgan fingerprint density at radius 1 is 0.962 bits per heavy atom. The van der Waals surface area contributed by atoms with E-state index in [9.17, 15) is 4.79 Å². The first-order valence-corrected chi connectivity index (χ1v) is 8.35. The fourth-order valence-electron chi connectivity index (χ4n) is 2.61. The predicted octanol–water partition coefficient (Wildman–Crippen LogP) is 4.54. The Labute approximate surface area is 152 Å². The molecule has 26 heavy (non-hydrogen) atoms. The summed E-state index contributed by atoms with van der Waals surface area (Å²) >= 11 is 0. The van der Waals surface area contributed by atoms with Crippen molar-refractivity contribution in [1.82, 2.24) is 0 Å². The minimum absolute atomic E-state index is 0.0991. The third-order valence-electron chi connectivity index (χ3n) is 3.95. The second kappa shape index (κ2) is 8.25. The number of nitrogens with one attached hydrogen (secondary N) is 1. The SMILES string of the molecule is COc1cc(NC(=O)CCc2ccc(-c3ccccc3)o2)cc(OC)c1. The van der Waals surface area contributed by atoms with Gasteiger partial charge in [-0.3, -0.25) is 4.79 Å². The summed E-state index contributed by atoms with van der Waals surface area (Å²) in [5.41, 5.74) is 1.65. The van der Waals surface area contributed by atoms with E-state index < -0.39 is 0 Å². The van der Waals surface area contributed by atoms with E-state index in [-0.39, 0.29) is 5.91 Å². The number of ether oxygens (including phenoxy) is 2. The molecular weight excluding hydrogens is 330 g/mol. The van der Waals surface area contributed by atoms with Crippen molar-refractivity contribution in [1.29, 1.82) is 0 Å². The number of anilines is 1. The van der Waals surface area contributed by atoms with Crippen molar-refractivity contribution in [2.24, 2.45) is 0 Å². The molecule has 3 aromatic rings. The van der Waals surface area contributed by atoms with E-state index >= 15 is 0 Å². The Morgan fingerprint density at radius 2 is 1.65 bits per heavy atom. The summed E-state index contributed by atoms with van der Waals surface area (Å²) in [4.78, 5) is 12.2. The first-order valence-electron chi connectivity index (χ1n) is 8.35. The Bertz CT molecular complexity index is 848. The van der Waals surface area contributed by atoms with Crippen molar-refractivity contribution in [2.45, 2.75) is 12.8 Å². The van der Waals surface area contributed by atoms with E-state index in [1.54, 1.807) is 32.4 Å². The fraction of sp³-hybridized carbons (Fsp3) is 0.190. The molecule has 0 aliphatic carbocycles. The standard InChI is InChI=1S/C21H21NO4/c1-24-18-12-16(13-19(14-18)25-2)22-21(23)11-9-17-8-10-20(26-17)15-6-4-3-5-7-15/h3-8,10,12-14H,9,11H2,1-2H3,(H,22,23). The number of methoxy groups -OCH3 is 2. The van der Waals surface area contributed by atoms with Crippen molar-refractivity contribution in [3.63, 3.8) is 0 Å². The van der Waals surface area contributed by atoms with Gasteiger partial charge in [-0.2, -0.15) is 0 Å². The van der Waals surface area contributed by atoms with Crippen LogP contribution in [-0.4, -0.2) is 20.1 Å². The lowest BCUT2D eigenvalue weighted by atomic mass is 10.2. The van der Waals surface area contributed by atoms with Crippen LogP contribution < -0.4 is 14.8 Å². The summed E-state index contributed by atoms with van der Waals surface area (Å²) in [6.45, 7) is 0. The highest BCUT2D eigenvalue weighted by atomic mass is 16.5. The molecule has 0 aliphatic heterocycles. The van der Waals surface area contributed by atoms with Crippen LogP contribution in [0.2, 0.25) is 0 Å². The normalized spacial score (nSPS) is 10.4. The Kier molecular flexibility index (Phi) is 5.59. The molecule has 1 amide bonds. The molecule has 0 fully saturated rings. The average Bonchev–Trinajstić information content (AvgIpc) is 3.16. The first kappa shape index (κ1) is 17.6. The van der Waals surface area contributed by atoms with Gasteiger partial charge in [0.05, 0.1) is 14.2 Å². The largest absolute Gasteiger partial charge is 0.497 e. The first-order chi connectivity index (χ1) is 12.7. The maximum Gasteiger partial charge on any atom is 0.224 e. The molecule has 1 aromatic heterocycles. The van der Waals surface area contributed by atoms with Crippen LogP contribution in [0.5, 0.6) is 11.5 Å². The Morgan fingerprint density at radius 3 is 2.31 bits per heavy atom. The van der Waals surface area contributed by atoms with Crippen LogP contribution in [0.4, 0.5) is 5.69 Å². The molecule has 0 saturated heterocycles. The summed E-state index contributed by atoms with van der Waals surface area (Å²) in [5.74, 6) is 2.73. The lowest BCUT2D eigenvalue weighted by Crippen LogP contribution is -2.12. The van der Waals surface area contributed by atoms with Gasteiger partial charge in [0.15, 0.2) is 0 Å². The molecule has 1 N–H and O–H groups in total. The molecule has 0 bridgehead atoms. The Hall–Kier alpha value is -3.21. The van der Waals surface area contributed by atoms with Gasteiger partial charge in [0.25, 0.3) is 0 Å². The minimum atomic E-state index is -0.0991. The second-order valence-corrected chi connectivity index (χ2v) is 5.78. The smallest absolute Gasteiger partial charge is 0.224 e. The molecule has 3 rings (SSSR count). The maximum atomic E-state index is 12.2. The lowest BCUT2D eigenvalue weighted by molar-refractivity contribution is -0.116. The number of amides is 1. The summed E-state index contributed by atoms with van der Waals surface area (Å²) in [6.07, 6.45) is 0.848. The van der Waals surface area contributed by atoms with E-state index in [1.807, 2.05) is 42.5 Å². The average molecular weight is 351 g/mol. The number of benzene rings is 2. The molecule has 0 atom stereocenters. The van der Waals surface area contributed by atoms with Crippen LogP contribution >= 0.6 is 0 Å². The van der Waals surface area contributed by atoms with Gasteiger partial charge in [0.2, 0.25) is 5.91 Å². The number of hydrogen-bond donors (Lipinski definition) is 1. The van der Waals surface area contributed by atoms with Crippen LogP contribution in [-0.2, 0) is 11.2 Å². The molecule has 0 unspecified atom stereocenters. The molecule has 1 heterocycles. The maximum absolute atomic E-state index is 12.2. The molecule has 5 heteroatoms. The van der Waals surface area contributed by atoms with Gasteiger partial charge < -0.3 is 19.2 Å². The third-order valence-corrected chi connectivity index (χ3v) is 3.95. The molecule has 5 nitrogen and oxygen atoms in total. The van der Waals surface area contributed by atoms with E-state index in [0.29, 0.717) is 30.0 Å². The molecule has 0 saturated carbocycles. The van der Waals surface area contributed by atoms with Gasteiger partial charge in [-0.1, -0.05) is 30.3 Å². The number of furan rings is 1. The van der Waals surface area contributed by atoms with Crippen molar-refractivity contribution in [2.75, 3.05) is 19.5 Å². The molecule has 134 valence electrons. The minimum Gasteiger partial charge on any atom is -0.497 e. The highest BCUT2D eigenvalue weighted by Crippen LogP contribution is 2.26. The monoisotopic (exact) mass is 351 g/mol. The van der Waals surface area contributed by atoms with Crippen LogP contribution in [0.3, 0.4) is 0 Å². The van der Waals surface area contributed by atoms with Crippen molar-refractivity contribution in [3.8, 4) is 22.8 Å². The fourth-order valence-corrected chi connectivity index (χ4v) is 2.61. The van der Waals surface area contributed by atoms with Gasteiger partial charge >= 0.3 is 0 Å². The highest BCUT2D eigenvalue weighted by Gasteiger charge is 2.09. The summed E-state index contributed by atoms with van der Waals surface area (Å²) < 4.78 is 16.2. The van der Waals surface area contributed by atoms with Crippen LogP contribution in [0, 0.1) is 0 Å². The number of carbonyl (C=O) groups is 1. The van der Waals surface area contributed by atoms with E-state index in [2.05, 4.69) is 5.32 Å². The highest BCUT2D eigenvalue weighted by molar-refractivity contribution is 5.91. The quantitative estimate of drug-likeness (QED) is 0.679. The Balaban J connectivity index is 1.59. The molecular formula is C21H21NO4. The topological polar surface area (TPSA) is 60.7 Å². The van der Waals surface area contributed by atoms with E-state index in [0.717, 1.165) is 17.1 Å². The molecule has 0 radical (unpaired) electrons. The van der Waals surface area contributed by atoms with Crippen molar-refractivity contribution >= 4 is 11.6 Å². The van der Waals surface area contributed by atoms with Crippen molar-refractivity contribution < 1.29 is 18.7 Å². The molecule has 2 aromatic carbocycles. The van der Waals surface area contributed by atoms with Gasteiger partial charge in [0, 0.05) is 42.3 Å². The number of aryl methyl sites for hydroxylation is 1. The third kappa shape index (κ3) is 4.45. The van der Waals surface area contributed by atoms with Gasteiger partial charge in [0.1, 0.15) is 23.0 Å². The summed E-state index contributed by atoms with van der Waals surface area (Å²) in [7, 11) is 3.14. The predicted molar refractivity (Wildman–Crippen MR) is 101 cm³/mol. The number of hydrogen-bond acceptors (Lipinski definition) is 4. The van der Waals surface area contributed by atoms with Crippen LogP contribution in [0.1, 0.15) is 12.2 Å². The van der Waals surface area contributed by atoms with Gasteiger partial charge in [-0.05, 0) is 12.1 Å². The molecule has 0 aliphatic rings. The summed E-state index contributed by atoms with van der Waals surface area (Å²) in [6, 6.07) is 19.0. The zero-order valence-corrected chi connectivity index (χ0v) is 14.8. The molecule has 0 spiro atoms. The zero-order valence-electron chi connectivity index (χ0n) is 14.8. The van der Waals surface area contributed by atoms with Crippen LogP contribution in [0.15, 0.2) is 65.1 Å². The van der Waals surface area contributed by atoms with Crippen molar-refractivity contribution in [3.05, 3.63) is 66.4 Å². The van der Waals surface area contributed by atoms with Gasteiger partial charge in [-0.15, -0.1) is 0 Å². The van der Waals surface area contributed by atoms with Gasteiger partial charge in [-0.25, -0.2) is 0 Å². The second-order valence-electron chi connectivity index (χ2n) is 5.78. The number of rotatable bonds is 7. The number of carbonyl (C=O) groups excluding carboxylic acids is 1. The zero-order chi connectivity index (χ0) is 18.4. The lowest BCUT2D eigenvalue weighted by Gasteiger charge is -2.09. The van der Waals surface area contributed by atoms with Crippen LogP contribution in [0.25, 0.3) is 11.3 Å². The van der Waals surface area contributed by atoms with E-state index in [1.165, 1.54) is 0 Å².